The standard InChI is InChI=1S/C14H27N3O/c1-11(2)12(3)14(18)17-8-6-16(7-9-17)13-4-5-15-10-13/h11-13,15H,4-10H2,1-3H3. The van der Waals surface area contributed by atoms with E-state index in [4.69, 9.17) is 0 Å². The molecule has 2 atom stereocenters. The first-order valence-corrected chi connectivity index (χ1v) is 7.33. The molecule has 0 aromatic carbocycles. The normalized spacial score (nSPS) is 27.8. The molecule has 0 aliphatic carbocycles. The molecule has 2 unspecified atom stereocenters. The quantitative estimate of drug-likeness (QED) is 0.807. The van der Waals surface area contributed by atoms with Crippen LogP contribution in [0.4, 0.5) is 0 Å². The van der Waals surface area contributed by atoms with E-state index < -0.39 is 0 Å². The number of rotatable bonds is 3. The van der Waals surface area contributed by atoms with Crippen LogP contribution < -0.4 is 5.32 Å². The lowest BCUT2D eigenvalue weighted by molar-refractivity contribution is -0.138. The Morgan fingerprint density at radius 2 is 1.83 bits per heavy atom. The van der Waals surface area contributed by atoms with Gasteiger partial charge in [-0.3, -0.25) is 9.69 Å². The van der Waals surface area contributed by atoms with Crippen LogP contribution in [0.2, 0.25) is 0 Å². The highest BCUT2D eigenvalue weighted by molar-refractivity contribution is 5.78. The largest absolute Gasteiger partial charge is 0.340 e. The van der Waals surface area contributed by atoms with Crippen LogP contribution in [-0.4, -0.2) is 61.0 Å². The molecule has 2 fully saturated rings. The van der Waals surface area contributed by atoms with Gasteiger partial charge in [-0.1, -0.05) is 20.8 Å². The Bertz CT molecular complexity index is 279. The van der Waals surface area contributed by atoms with E-state index in [2.05, 4.69) is 35.9 Å². The molecule has 0 aromatic rings. The molecule has 104 valence electrons. The first-order chi connectivity index (χ1) is 8.59. The first-order valence-electron chi connectivity index (χ1n) is 7.33. The van der Waals surface area contributed by atoms with Gasteiger partial charge in [-0.2, -0.15) is 0 Å². The van der Waals surface area contributed by atoms with Crippen molar-refractivity contribution < 1.29 is 4.79 Å². The Morgan fingerprint density at radius 1 is 1.17 bits per heavy atom. The maximum absolute atomic E-state index is 12.3. The van der Waals surface area contributed by atoms with Crippen LogP contribution >= 0.6 is 0 Å². The van der Waals surface area contributed by atoms with Crippen molar-refractivity contribution in [1.82, 2.24) is 15.1 Å². The lowest BCUT2D eigenvalue weighted by Gasteiger charge is -2.39. The number of nitrogens with zero attached hydrogens (tertiary/aromatic N) is 2. The number of amides is 1. The van der Waals surface area contributed by atoms with Gasteiger partial charge in [-0.15, -0.1) is 0 Å². The summed E-state index contributed by atoms with van der Waals surface area (Å²) in [6.45, 7) is 12.5. The van der Waals surface area contributed by atoms with Gasteiger partial charge in [0.15, 0.2) is 0 Å². The lowest BCUT2D eigenvalue weighted by atomic mass is 9.96. The second-order valence-corrected chi connectivity index (χ2v) is 6.04. The molecule has 4 nitrogen and oxygen atoms in total. The molecule has 1 N–H and O–H groups in total. The molecule has 18 heavy (non-hydrogen) atoms. The zero-order valence-electron chi connectivity index (χ0n) is 12.0. The summed E-state index contributed by atoms with van der Waals surface area (Å²) in [4.78, 5) is 16.9. The molecule has 2 aliphatic rings. The predicted octanol–water partition coefficient (Wildman–Crippen LogP) is 0.785. The fourth-order valence-electron chi connectivity index (χ4n) is 2.83. The van der Waals surface area contributed by atoms with Crippen molar-refractivity contribution in [2.75, 3.05) is 39.3 Å². The van der Waals surface area contributed by atoms with Crippen LogP contribution in [0.25, 0.3) is 0 Å². The summed E-state index contributed by atoms with van der Waals surface area (Å²) in [5.74, 6) is 0.938. The van der Waals surface area contributed by atoms with E-state index in [1.807, 2.05) is 0 Å². The molecular formula is C14H27N3O. The fraction of sp³-hybridized carbons (Fsp3) is 0.929. The molecule has 2 rings (SSSR count). The van der Waals surface area contributed by atoms with Crippen LogP contribution in [0.5, 0.6) is 0 Å². The second-order valence-electron chi connectivity index (χ2n) is 6.04. The van der Waals surface area contributed by atoms with E-state index in [1.165, 1.54) is 6.42 Å². The van der Waals surface area contributed by atoms with E-state index in [0.29, 0.717) is 17.9 Å². The Hall–Kier alpha value is -0.610. The van der Waals surface area contributed by atoms with Gasteiger partial charge in [0.2, 0.25) is 5.91 Å². The summed E-state index contributed by atoms with van der Waals surface area (Å²) in [6.07, 6.45) is 1.26. The van der Waals surface area contributed by atoms with Crippen molar-refractivity contribution in [1.29, 1.82) is 0 Å². The van der Waals surface area contributed by atoms with Crippen molar-refractivity contribution >= 4 is 5.91 Å². The summed E-state index contributed by atoms with van der Waals surface area (Å²) >= 11 is 0. The van der Waals surface area contributed by atoms with E-state index in [0.717, 1.165) is 39.3 Å². The summed E-state index contributed by atoms with van der Waals surface area (Å²) in [5, 5.41) is 3.41. The number of nitrogens with one attached hydrogen (secondary N) is 1. The number of carbonyl (C=O) groups excluding carboxylic acids is 1. The van der Waals surface area contributed by atoms with E-state index in [1.54, 1.807) is 0 Å². The van der Waals surface area contributed by atoms with Crippen LogP contribution in [0.1, 0.15) is 27.2 Å². The minimum absolute atomic E-state index is 0.157. The minimum atomic E-state index is 0.157. The van der Waals surface area contributed by atoms with Gasteiger partial charge in [0.05, 0.1) is 0 Å². The predicted molar refractivity (Wildman–Crippen MR) is 73.4 cm³/mol. The van der Waals surface area contributed by atoms with Gasteiger partial charge in [-0.25, -0.2) is 0 Å². The average molecular weight is 253 g/mol. The molecular weight excluding hydrogens is 226 g/mol. The number of hydrogen-bond acceptors (Lipinski definition) is 3. The van der Waals surface area contributed by atoms with Gasteiger partial charge in [0.1, 0.15) is 0 Å². The topological polar surface area (TPSA) is 35.6 Å². The number of hydrogen-bond donors (Lipinski definition) is 1. The van der Waals surface area contributed by atoms with Crippen molar-refractivity contribution in [3.63, 3.8) is 0 Å². The maximum atomic E-state index is 12.3. The monoisotopic (exact) mass is 253 g/mol. The molecule has 2 aliphatic heterocycles. The Morgan fingerprint density at radius 3 is 2.33 bits per heavy atom. The molecule has 4 heteroatoms. The molecule has 1 amide bonds. The number of carbonyl (C=O) groups is 1. The summed E-state index contributed by atoms with van der Waals surface area (Å²) in [6, 6.07) is 0.699. The van der Waals surface area contributed by atoms with Gasteiger partial charge in [-0.05, 0) is 18.9 Å². The third-order valence-electron chi connectivity index (χ3n) is 4.57. The highest BCUT2D eigenvalue weighted by atomic mass is 16.2. The molecule has 0 saturated carbocycles. The van der Waals surface area contributed by atoms with E-state index >= 15 is 0 Å². The van der Waals surface area contributed by atoms with Crippen molar-refractivity contribution in [3.05, 3.63) is 0 Å². The lowest BCUT2D eigenvalue weighted by Crippen LogP contribution is -2.53. The van der Waals surface area contributed by atoms with Crippen LogP contribution in [0.3, 0.4) is 0 Å². The van der Waals surface area contributed by atoms with Gasteiger partial charge in [0.25, 0.3) is 0 Å². The number of piperazine rings is 1. The first kappa shape index (κ1) is 13.8. The third-order valence-corrected chi connectivity index (χ3v) is 4.57. The highest BCUT2D eigenvalue weighted by Crippen LogP contribution is 2.17. The smallest absolute Gasteiger partial charge is 0.225 e. The summed E-state index contributed by atoms with van der Waals surface area (Å²) in [7, 11) is 0. The van der Waals surface area contributed by atoms with E-state index in [9.17, 15) is 4.79 Å². The fourth-order valence-corrected chi connectivity index (χ4v) is 2.83. The zero-order chi connectivity index (χ0) is 13.1. The summed E-state index contributed by atoms with van der Waals surface area (Å²) in [5.41, 5.74) is 0. The SMILES string of the molecule is CC(C)C(C)C(=O)N1CCN(C2CCNC2)CC1. The van der Waals surface area contributed by atoms with Gasteiger partial charge in [0, 0.05) is 44.7 Å². The van der Waals surface area contributed by atoms with E-state index in [-0.39, 0.29) is 5.92 Å². The van der Waals surface area contributed by atoms with Crippen LogP contribution in [0.15, 0.2) is 0 Å². The van der Waals surface area contributed by atoms with Crippen molar-refractivity contribution in [2.45, 2.75) is 33.2 Å². The average Bonchev–Trinajstić information content (AvgIpc) is 2.91. The van der Waals surface area contributed by atoms with Crippen LogP contribution in [0, 0.1) is 11.8 Å². The summed E-state index contributed by atoms with van der Waals surface area (Å²) < 4.78 is 0. The molecule has 0 aromatic heterocycles. The zero-order valence-corrected chi connectivity index (χ0v) is 12.0. The third kappa shape index (κ3) is 3.04. The van der Waals surface area contributed by atoms with Crippen molar-refractivity contribution in [2.24, 2.45) is 11.8 Å². The Labute approximate surface area is 111 Å². The maximum Gasteiger partial charge on any atom is 0.225 e. The second kappa shape index (κ2) is 6.02. The Balaban J connectivity index is 1.80. The molecule has 0 spiro atoms. The Kier molecular flexibility index (Phi) is 4.62. The van der Waals surface area contributed by atoms with Crippen LogP contribution in [-0.2, 0) is 4.79 Å². The molecule has 0 radical (unpaired) electrons. The molecule has 0 bridgehead atoms. The molecule has 2 heterocycles. The van der Waals surface area contributed by atoms with Gasteiger partial charge >= 0.3 is 0 Å². The molecule has 2 saturated heterocycles. The van der Waals surface area contributed by atoms with Crippen molar-refractivity contribution in [3.8, 4) is 0 Å². The highest BCUT2D eigenvalue weighted by Gasteiger charge is 2.29. The van der Waals surface area contributed by atoms with Gasteiger partial charge < -0.3 is 10.2 Å². The minimum Gasteiger partial charge on any atom is -0.340 e.